The van der Waals surface area contributed by atoms with Crippen LogP contribution < -0.4 is 5.32 Å². The molecule has 0 aliphatic carbocycles. The van der Waals surface area contributed by atoms with Gasteiger partial charge in [0, 0.05) is 17.1 Å². The molecular formula is C14H15BrN4. The molecule has 0 saturated carbocycles. The number of nitrogens with one attached hydrogen (secondary N) is 1. The number of halogens is 1. The second-order valence-electron chi connectivity index (χ2n) is 4.99. The monoisotopic (exact) mass is 318 g/mol. The summed E-state index contributed by atoms with van der Waals surface area (Å²) in [4.78, 5) is 4.50. The van der Waals surface area contributed by atoms with Crippen molar-refractivity contribution in [2.45, 2.75) is 19.3 Å². The molecule has 1 N–H and O–H groups in total. The van der Waals surface area contributed by atoms with Crippen LogP contribution in [0.3, 0.4) is 0 Å². The molecule has 98 valence electrons. The van der Waals surface area contributed by atoms with Crippen molar-refractivity contribution in [3.63, 3.8) is 0 Å². The third-order valence-corrected chi connectivity index (χ3v) is 4.18. The lowest BCUT2D eigenvalue weighted by Gasteiger charge is -2.21. The molecule has 3 rings (SSSR count). The van der Waals surface area contributed by atoms with Crippen LogP contribution >= 0.6 is 15.9 Å². The second kappa shape index (κ2) is 5.32. The molecule has 0 unspecified atom stereocenters. The van der Waals surface area contributed by atoms with Crippen LogP contribution in [0.25, 0.3) is 5.52 Å². The van der Waals surface area contributed by atoms with Crippen LogP contribution in [0.4, 0.5) is 0 Å². The van der Waals surface area contributed by atoms with Crippen LogP contribution in [-0.4, -0.2) is 22.5 Å². The molecule has 0 amide bonds. The zero-order valence-electron chi connectivity index (χ0n) is 10.6. The Morgan fingerprint density at radius 2 is 2.21 bits per heavy atom. The molecule has 1 aliphatic rings. The molecular weight excluding hydrogens is 304 g/mol. The first-order chi connectivity index (χ1) is 9.28. The van der Waals surface area contributed by atoms with Crippen molar-refractivity contribution in [3.8, 4) is 6.07 Å². The maximum Gasteiger partial charge on any atom is 0.166 e. The van der Waals surface area contributed by atoms with E-state index in [0.717, 1.165) is 35.3 Å². The molecule has 3 heterocycles. The van der Waals surface area contributed by atoms with Crippen LogP contribution in [0.5, 0.6) is 0 Å². The van der Waals surface area contributed by atoms with Crippen molar-refractivity contribution >= 4 is 21.4 Å². The summed E-state index contributed by atoms with van der Waals surface area (Å²) in [5, 5.41) is 12.6. The number of piperidine rings is 1. The summed E-state index contributed by atoms with van der Waals surface area (Å²) < 4.78 is 3.05. The molecule has 0 radical (unpaired) electrons. The minimum atomic E-state index is 0.524. The van der Waals surface area contributed by atoms with Gasteiger partial charge in [0.25, 0.3) is 0 Å². The molecule has 4 nitrogen and oxygen atoms in total. The van der Waals surface area contributed by atoms with E-state index in [1.807, 2.05) is 22.7 Å². The highest BCUT2D eigenvalue weighted by Gasteiger charge is 2.18. The Morgan fingerprint density at radius 3 is 2.95 bits per heavy atom. The largest absolute Gasteiger partial charge is 0.317 e. The average Bonchev–Trinajstić information content (AvgIpc) is 2.77. The van der Waals surface area contributed by atoms with Gasteiger partial charge in [-0.1, -0.05) is 0 Å². The Labute approximate surface area is 120 Å². The molecule has 5 heteroatoms. The van der Waals surface area contributed by atoms with Crippen molar-refractivity contribution in [1.82, 2.24) is 14.7 Å². The highest BCUT2D eigenvalue weighted by atomic mass is 79.9. The highest BCUT2D eigenvalue weighted by molar-refractivity contribution is 9.10. The Hall–Kier alpha value is -1.38. The predicted octanol–water partition coefficient (Wildman–Crippen LogP) is 2.51. The molecule has 2 aromatic heterocycles. The van der Waals surface area contributed by atoms with Gasteiger partial charge in [0.15, 0.2) is 5.69 Å². The summed E-state index contributed by atoms with van der Waals surface area (Å²) in [6.45, 7) is 2.17. The maximum atomic E-state index is 9.18. The molecule has 0 spiro atoms. The van der Waals surface area contributed by atoms with E-state index < -0.39 is 0 Å². The highest BCUT2D eigenvalue weighted by Crippen LogP contribution is 2.22. The van der Waals surface area contributed by atoms with E-state index in [0.29, 0.717) is 11.6 Å². The molecule has 1 aliphatic heterocycles. The molecule has 19 heavy (non-hydrogen) atoms. The summed E-state index contributed by atoms with van der Waals surface area (Å²) in [7, 11) is 0. The van der Waals surface area contributed by atoms with Crippen LogP contribution in [0.15, 0.2) is 22.8 Å². The Balaban J connectivity index is 1.98. The van der Waals surface area contributed by atoms with Crippen LogP contribution in [0.2, 0.25) is 0 Å². The fourth-order valence-electron chi connectivity index (χ4n) is 2.69. The fourth-order valence-corrected chi connectivity index (χ4v) is 3.03. The van der Waals surface area contributed by atoms with Gasteiger partial charge in [-0.2, -0.15) is 5.26 Å². The number of rotatable bonds is 2. The van der Waals surface area contributed by atoms with E-state index in [9.17, 15) is 5.26 Å². The first-order valence-corrected chi connectivity index (χ1v) is 7.34. The van der Waals surface area contributed by atoms with Crippen LogP contribution in [-0.2, 0) is 6.42 Å². The van der Waals surface area contributed by atoms with E-state index in [-0.39, 0.29) is 0 Å². The lowest BCUT2D eigenvalue weighted by Crippen LogP contribution is -2.29. The van der Waals surface area contributed by atoms with E-state index in [1.165, 1.54) is 12.8 Å². The maximum absolute atomic E-state index is 9.18. The molecule has 0 aromatic carbocycles. The van der Waals surface area contributed by atoms with Crippen molar-refractivity contribution in [1.29, 1.82) is 5.26 Å². The summed E-state index contributed by atoms with van der Waals surface area (Å²) >= 11 is 3.48. The van der Waals surface area contributed by atoms with Gasteiger partial charge in [0.1, 0.15) is 11.9 Å². The number of fused-ring (bicyclic) bond motifs is 1. The molecule has 1 fully saturated rings. The number of nitriles is 1. The Bertz CT molecular complexity index is 635. The van der Waals surface area contributed by atoms with Crippen LogP contribution in [0, 0.1) is 17.2 Å². The number of pyridine rings is 1. The molecule has 1 saturated heterocycles. The van der Waals surface area contributed by atoms with Gasteiger partial charge in [-0.05, 0) is 59.9 Å². The normalized spacial score (nSPS) is 16.6. The van der Waals surface area contributed by atoms with Gasteiger partial charge in [-0.15, -0.1) is 0 Å². The standard InChI is InChI=1S/C14H15BrN4/c15-11-1-2-13-12(8-16)18-14(19(13)9-11)7-10-3-5-17-6-4-10/h1-2,9-10,17H,3-7H2. The summed E-state index contributed by atoms with van der Waals surface area (Å²) in [5.74, 6) is 1.66. The quantitative estimate of drug-likeness (QED) is 0.925. The summed E-state index contributed by atoms with van der Waals surface area (Å²) in [6, 6.07) is 6.08. The summed E-state index contributed by atoms with van der Waals surface area (Å²) in [5.41, 5.74) is 1.42. The van der Waals surface area contributed by atoms with Gasteiger partial charge in [0.2, 0.25) is 0 Å². The number of aromatic nitrogens is 2. The third kappa shape index (κ3) is 2.51. The Morgan fingerprint density at radius 1 is 1.42 bits per heavy atom. The smallest absolute Gasteiger partial charge is 0.166 e. The minimum absolute atomic E-state index is 0.524. The molecule has 2 aromatic rings. The molecule has 0 bridgehead atoms. The Kier molecular flexibility index (Phi) is 3.54. The zero-order chi connectivity index (χ0) is 13.2. The van der Waals surface area contributed by atoms with Crippen molar-refractivity contribution in [3.05, 3.63) is 34.3 Å². The van der Waals surface area contributed by atoms with Gasteiger partial charge in [-0.25, -0.2) is 4.98 Å². The lowest BCUT2D eigenvalue weighted by molar-refractivity contribution is 0.367. The van der Waals surface area contributed by atoms with Crippen molar-refractivity contribution in [2.75, 3.05) is 13.1 Å². The first kappa shape index (κ1) is 12.6. The predicted molar refractivity (Wildman–Crippen MR) is 76.9 cm³/mol. The number of hydrogen-bond acceptors (Lipinski definition) is 3. The molecule has 0 atom stereocenters. The average molecular weight is 319 g/mol. The van der Waals surface area contributed by atoms with E-state index in [4.69, 9.17) is 0 Å². The van der Waals surface area contributed by atoms with Gasteiger partial charge in [-0.3, -0.25) is 0 Å². The van der Waals surface area contributed by atoms with Gasteiger partial charge >= 0.3 is 0 Å². The number of hydrogen-bond donors (Lipinski definition) is 1. The third-order valence-electron chi connectivity index (χ3n) is 3.71. The second-order valence-corrected chi connectivity index (χ2v) is 5.90. The van der Waals surface area contributed by atoms with Gasteiger partial charge in [0.05, 0.1) is 5.52 Å². The SMILES string of the molecule is N#Cc1nc(CC2CCNCC2)n2cc(Br)ccc12. The fraction of sp³-hybridized carbons (Fsp3) is 0.429. The minimum Gasteiger partial charge on any atom is -0.317 e. The number of nitrogens with zero attached hydrogens (tertiary/aromatic N) is 3. The van der Waals surface area contributed by atoms with E-state index >= 15 is 0 Å². The topological polar surface area (TPSA) is 53.1 Å². The van der Waals surface area contributed by atoms with E-state index in [2.05, 4.69) is 32.3 Å². The van der Waals surface area contributed by atoms with Crippen molar-refractivity contribution < 1.29 is 0 Å². The first-order valence-electron chi connectivity index (χ1n) is 6.55. The van der Waals surface area contributed by atoms with E-state index in [1.54, 1.807) is 0 Å². The number of imidazole rings is 1. The lowest BCUT2D eigenvalue weighted by atomic mass is 9.94. The van der Waals surface area contributed by atoms with Gasteiger partial charge < -0.3 is 9.72 Å². The van der Waals surface area contributed by atoms with Crippen LogP contribution in [0.1, 0.15) is 24.4 Å². The van der Waals surface area contributed by atoms with Crippen molar-refractivity contribution in [2.24, 2.45) is 5.92 Å². The summed E-state index contributed by atoms with van der Waals surface area (Å²) in [6.07, 6.45) is 5.32. The zero-order valence-corrected chi connectivity index (χ0v) is 12.2.